The molecule has 0 aliphatic rings. The van der Waals surface area contributed by atoms with Gasteiger partial charge in [0.1, 0.15) is 12.2 Å². The zero-order valence-electron chi connectivity index (χ0n) is 11.4. The van der Waals surface area contributed by atoms with Gasteiger partial charge in [0.05, 0.1) is 5.69 Å². The Morgan fingerprint density at radius 3 is 2.55 bits per heavy atom. The lowest BCUT2D eigenvalue weighted by atomic mass is 10.2. The van der Waals surface area contributed by atoms with E-state index in [2.05, 4.69) is 5.32 Å². The summed E-state index contributed by atoms with van der Waals surface area (Å²) in [6.07, 6.45) is 3.29. The van der Waals surface area contributed by atoms with Crippen molar-refractivity contribution < 1.29 is 14.3 Å². The van der Waals surface area contributed by atoms with Gasteiger partial charge < -0.3 is 14.6 Å². The van der Waals surface area contributed by atoms with Gasteiger partial charge in [-0.3, -0.25) is 4.79 Å². The number of ether oxygens (including phenoxy) is 1. The molecule has 2 aromatic rings. The van der Waals surface area contributed by atoms with E-state index in [1.807, 2.05) is 30.3 Å². The molecule has 1 aromatic heterocycles. The van der Waals surface area contributed by atoms with E-state index >= 15 is 0 Å². The van der Waals surface area contributed by atoms with Crippen molar-refractivity contribution in [1.82, 2.24) is 4.57 Å². The maximum atomic E-state index is 12.0. The molecule has 1 aromatic carbocycles. The molecule has 104 valence electrons. The highest BCUT2D eigenvalue weighted by molar-refractivity contribution is 6.00. The van der Waals surface area contributed by atoms with Gasteiger partial charge in [-0.2, -0.15) is 0 Å². The summed E-state index contributed by atoms with van der Waals surface area (Å²) in [6, 6.07) is 9.43. The van der Waals surface area contributed by atoms with E-state index in [0.29, 0.717) is 11.3 Å². The van der Waals surface area contributed by atoms with Crippen LogP contribution in [0, 0.1) is 0 Å². The second-order valence-corrected chi connectivity index (χ2v) is 4.49. The molecule has 0 aliphatic carbocycles. The Bertz CT molecular complexity index is 617. The van der Waals surface area contributed by atoms with E-state index in [9.17, 15) is 9.59 Å². The average molecular weight is 272 g/mol. The first-order chi connectivity index (χ1) is 9.56. The lowest BCUT2D eigenvalue weighted by molar-refractivity contribution is -0.114. The Balaban J connectivity index is 2.07. The molecule has 1 heterocycles. The summed E-state index contributed by atoms with van der Waals surface area (Å²) in [5.74, 6) is -0.688. The highest BCUT2D eigenvalue weighted by atomic mass is 16.5. The van der Waals surface area contributed by atoms with Crippen LogP contribution in [-0.4, -0.2) is 16.4 Å². The molecule has 1 amide bonds. The number of amides is 1. The molecule has 5 heteroatoms. The van der Waals surface area contributed by atoms with Gasteiger partial charge in [0, 0.05) is 26.4 Å². The lowest BCUT2D eigenvalue weighted by Crippen LogP contribution is -2.11. The largest absolute Gasteiger partial charge is 0.457 e. The number of nitrogens with zero attached hydrogens (tertiary/aromatic N) is 1. The van der Waals surface area contributed by atoms with Crippen molar-refractivity contribution >= 4 is 17.6 Å². The molecular formula is C15H16N2O3. The average Bonchev–Trinajstić information content (AvgIpc) is 2.77. The van der Waals surface area contributed by atoms with Crippen molar-refractivity contribution in [2.75, 3.05) is 5.32 Å². The summed E-state index contributed by atoms with van der Waals surface area (Å²) in [5, 5.41) is 2.61. The molecule has 0 saturated carbocycles. The molecule has 0 bridgehead atoms. The smallest absolute Gasteiger partial charge is 0.342 e. The fourth-order valence-corrected chi connectivity index (χ4v) is 1.84. The Morgan fingerprint density at radius 2 is 1.90 bits per heavy atom. The maximum absolute atomic E-state index is 12.0. The van der Waals surface area contributed by atoms with Crippen LogP contribution in [0.3, 0.4) is 0 Å². The summed E-state index contributed by atoms with van der Waals surface area (Å²) in [5.41, 5.74) is 1.72. The topological polar surface area (TPSA) is 60.3 Å². The van der Waals surface area contributed by atoms with E-state index < -0.39 is 5.97 Å². The Hall–Kier alpha value is -2.56. The zero-order valence-corrected chi connectivity index (χ0v) is 11.4. The van der Waals surface area contributed by atoms with Gasteiger partial charge in [-0.1, -0.05) is 30.3 Å². The summed E-state index contributed by atoms with van der Waals surface area (Å²) < 4.78 is 6.94. The molecule has 5 nitrogen and oxygen atoms in total. The Labute approximate surface area is 117 Å². The molecular weight excluding hydrogens is 256 g/mol. The van der Waals surface area contributed by atoms with E-state index in [0.717, 1.165) is 5.56 Å². The van der Waals surface area contributed by atoms with Crippen LogP contribution in [0.1, 0.15) is 22.8 Å². The van der Waals surface area contributed by atoms with Crippen LogP contribution < -0.4 is 5.32 Å². The molecule has 0 saturated heterocycles. The van der Waals surface area contributed by atoms with Crippen molar-refractivity contribution in [2.45, 2.75) is 13.5 Å². The van der Waals surface area contributed by atoms with Gasteiger partial charge in [0.15, 0.2) is 0 Å². The number of hydrogen-bond acceptors (Lipinski definition) is 3. The number of nitrogens with one attached hydrogen (secondary N) is 1. The number of hydrogen-bond donors (Lipinski definition) is 1. The second-order valence-electron chi connectivity index (χ2n) is 4.49. The van der Waals surface area contributed by atoms with Crippen molar-refractivity contribution in [1.29, 1.82) is 0 Å². The highest BCUT2D eigenvalue weighted by Crippen LogP contribution is 2.18. The van der Waals surface area contributed by atoms with Gasteiger partial charge in [-0.05, 0) is 5.56 Å². The SMILES string of the molecule is CC(=O)Nc1cn(C)cc1C(=O)OCc1ccccc1. The first kappa shape index (κ1) is 13.9. The number of anilines is 1. The summed E-state index contributed by atoms with van der Waals surface area (Å²) in [6.45, 7) is 1.60. The molecule has 0 aliphatic heterocycles. The fourth-order valence-electron chi connectivity index (χ4n) is 1.84. The predicted molar refractivity (Wildman–Crippen MR) is 75.3 cm³/mol. The normalized spacial score (nSPS) is 10.1. The minimum absolute atomic E-state index is 0.202. The third-order valence-electron chi connectivity index (χ3n) is 2.70. The molecule has 0 fully saturated rings. The van der Waals surface area contributed by atoms with E-state index in [4.69, 9.17) is 4.74 Å². The predicted octanol–water partition coefficient (Wildman–Crippen LogP) is 2.34. The van der Waals surface area contributed by atoms with Crippen molar-refractivity contribution in [3.63, 3.8) is 0 Å². The number of benzene rings is 1. The zero-order chi connectivity index (χ0) is 14.5. The summed E-state index contributed by atoms with van der Waals surface area (Å²) >= 11 is 0. The number of carbonyl (C=O) groups is 2. The standard InChI is InChI=1S/C15H16N2O3/c1-11(18)16-14-9-17(2)8-13(14)15(19)20-10-12-6-4-3-5-7-12/h3-9H,10H2,1-2H3,(H,16,18). The van der Waals surface area contributed by atoms with E-state index in [1.165, 1.54) is 6.92 Å². The number of aryl methyl sites for hydroxylation is 1. The molecule has 0 spiro atoms. The van der Waals surface area contributed by atoms with Gasteiger partial charge in [-0.25, -0.2) is 4.79 Å². The van der Waals surface area contributed by atoms with Crippen molar-refractivity contribution in [2.24, 2.45) is 7.05 Å². The number of aromatic nitrogens is 1. The van der Waals surface area contributed by atoms with E-state index in [1.54, 1.807) is 24.0 Å². The minimum Gasteiger partial charge on any atom is -0.457 e. The summed E-state index contributed by atoms with van der Waals surface area (Å²) in [7, 11) is 1.78. The van der Waals surface area contributed by atoms with E-state index in [-0.39, 0.29) is 12.5 Å². The maximum Gasteiger partial charge on any atom is 0.342 e. The van der Waals surface area contributed by atoms with Crippen LogP contribution >= 0.6 is 0 Å². The quantitative estimate of drug-likeness (QED) is 0.869. The van der Waals surface area contributed by atoms with Crippen LogP contribution in [0.5, 0.6) is 0 Å². The second kappa shape index (κ2) is 6.06. The van der Waals surface area contributed by atoms with Crippen LogP contribution in [-0.2, 0) is 23.2 Å². The first-order valence-electron chi connectivity index (χ1n) is 6.21. The Morgan fingerprint density at radius 1 is 1.20 bits per heavy atom. The van der Waals surface area contributed by atoms with Crippen molar-refractivity contribution in [3.8, 4) is 0 Å². The fraction of sp³-hybridized carbons (Fsp3) is 0.200. The third-order valence-corrected chi connectivity index (χ3v) is 2.70. The van der Waals surface area contributed by atoms with Crippen LogP contribution in [0.25, 0.3) is 0 Å². The van der Waals surface area contributed by atoms with Crippen LogP contribution in [0.2, 0.25) is 0 Å². The first-order valence-corrected chi connectivity index (χ1v) is 6.21. The van der Waals surface area contributed by atoms with Gasteiger partial charge in [0.2, 0.25) is 5.91 Å². The molecule has 0 atom stereocenters. The molecule has 2 rings (SSSR count). The number of esters is 1. The monoisotopic (exact) mass is 272 g/mol. The molecule has 0 radical (unpaired) electrons. The summed E-state index contributed by atoms with van der Waals surface area (Å²) in [4.78, 5) is 23.2. The van der Waals surface area contributed by atoms with Crippen molar-refractivity contribution in [3.05, 3.63) is 53.9 Å². The van der Waals surface area contributed by atoms with Gasteiger partial charge in [0.25, 0.3) is 0 Å². The Kier molecular flexibility index (Phi) is 4.20. The lowest BCUT2D eigenvalue weighted by Gasteiger charge is -2.06. The molecule has 1 N–H and O–H groups in total. The van der Waals surface area contributed by atoms with Crippen LogP contribution in [0.4, 0.5) is 5.69 Å². The number of rotatable bonds is 4. The number of carbonyl (C=O) groups excluding carboxylic acids is 2. The molecule has 0 unspecified atom stereocenters. The molecule has 20 heavy (non-hydrogen) atoms. The van der Waals surface area contributed by atoms with Gasteiger partial charge in [-0.15, -0.1) is 0 Å². The third kappa shape index (κ3) is 3.47. The van der Waals surface area contributed by atoms with Gasteiger partial charge >= 0.3 is 5.97 Å². The minimum atomic E-state index is -0.460. The van der Waals surface area contributed by atoms with Crippen LogP contribution in [0.15, 0.2) is 42.7 Å². The highest BCUT2D eigenvalue weighted by Gasteiger charge is 2.16.